The van der Waals surface area contributed by atoms with Crippen molar-refractivity contribution in [2.75, 3.05) is 18.5 Å². The van der Waals surface area contributed by atoms with Crippen LogP contribution in [0.2, 0.25) is 0 Å². The Morgan fingerprint density at radius 2 is 2.04 bits per heavy atom. The first-order valence-corrected chi connectivity index (χ1v) is 7.43. The fourth-order valence-electron chi connectivity index (χ4n) is 2.26. The molecule has 1 heterocycles. The molecule has 0 spiro atoms. The predicted molar refractivity (Wildman–Crippen MR) is 86.2 cm³/mol. The van der Waals surface area contributed by atoms with Crippen molar-refractivity contribution in [2.24, 2.45) is 0 Å². The number of rotatable bonds is 5. The molecule has 0 aliphatic heterocycles. The molecule has 2 aromatic rings. The molecule has 124 valence electrons. The van der Waals surface area contributed by atoms with Gasteiger partial charge in [0.2, 0.25) is 0 Å². The molecular formula is C16H21FN4O2. The number of benzene rings is 1. The monoisotopic (exact) mass is 320 g/mol. The topological polar surface area (TPSA) is 70.4 Å². The lowest BCUT2D eigenvalue weighted by atomic mass is 10.3. The molecule has 23 heavy (non-hydrogen) atoms. The van der Waals surface area contributed by atoms with Crippen molar-refractivity contribution in [1.82, 2.24) is 14.7 Å². The highest BCUT2D eigenvalue weighted by molar-refractivity contribution is 5.88. The van der Waals surface area contributed by atoms with Crippen molar-refractivity contribution in [2.45, 2.75) is 26.8 Å². The summed E-state index contributed by atoms with van der Waals surface area (Å²) >= 11 is 0. The predicted octanol–water partition coefficient (Wildman–Crippen LogP) is 2.55. The van der Waals surface area contributed by atoms with E-state index >= 15 is 0 Å². The minimum absolute atomic E-state index is 0.0394. The average Bonchev–Trinajstić information content (AvgIpc) is 2.85. The van der Waals surface area contributed by atoms with Gasteiger partial charge in [0.05, 0.1) is 12.3 Å². The molecule has 7 heteroatoms. The zero-order chi connectivity index (χ0) is 17.0. The second-order valence-corrected chi connectivity index (χ2v) is 5.50. The summed E-state index contributed by atoms with van der Waals surface area (Å²) in [6.45, 7) is 5.74. The van der Waals surface area contributed by atoms with E-state index < -0.39 is 0 Å². The van der Waals surface area contributed by atoms with Gasteiger partial charge in [-0.2, -0.15) is 0 Å². The number of hydrogen-bond donors (Lipinski definition) is 2. The van der Waals surface area contributed by atoms with Gasteiger partial charge in [-0.3, -0.25) is 5.32 Å². The molecule has 0 unspecified atom stereocenters. The molecule has 0 saturated carbocycles. The van der Waals surface area contributed by atoms with E-state index in [0.717, 1.165) is 5.69 Å². The van der Waals surface area contributed by atoms with E-state index in [9.17, 15) is 9.18 Å². The van der Waals surface area contributed by atoms with Crippen LogP contribution in [0.25, 0.3) is 5.69 Å². The number of anilines is 1. The lowest BCUT2D eigenvalue weighted by Gasteiger charge is -2.25. The Balaban J connectivity index is 2.17. The van der Waals surface area contributed by atoms with Crippen LogP contribution in [0.4, 0.5) is 15.0 Å². The van der Waals surface area contributed by atoms with E-state index in [2.05, 4.69) is 10.4 Å². The Hall–Kier alpha value is -2.41. The van der Waals surface area contributed by atoms with Crippen molar-refractivity contribution < 1.29 is 14.3 Å². The summed E-state index contributed by atoms with van der Waals surface area (Å²) in [5.74, 6) is 0.0871. The molecule has 0 saturated heterocycles. The van der Waals surface area contributed by atoms with Gasteiger partial charge >= 0.3 is 6.03 Å². The van der Waals surface area contributed by atoms with Gasteiger partial charge in [-0.1, -0.05) is 0 Å². The summed E-state index contributed by atoms with van der Waals surface area (Å²) in [4.78, 5) is 13.8. The molecule has 0 aliphatic carbocycles. The first-order chi connectivity index (χ1) is 10.9. The number of aliphatic hydroxyl groups is 1. The van der Waals surface area contributed by atoms with Crippen LogP contribution in [0.5, 0.6) is 0 Å². The average molecular weight is 320 g/mol. The van der Waals surface area contributed by atoms with Gasteiger partial charge in [0.15, 0.2) is 5.82 Å². The molecule has 0 bridgehead atoms. The summed E-state index contributed by atoms with van der Waals surface area (Å²) in [5, 5.41) is 16.1. The van der Waals surface area contributed by atoms with E-state index in [4.69, 9.17) is 5.11 Å². The highest BCUT2D eigenvalue weighted by Gasteiger charge is 2.18. The number of nitrogens with zero attached hydrogens (tertiary/aromatic N) is 3. The molecule has 0 radical (unpaired) electrons. The molecule has 2 rings (SSSR count). The van der Waals surface area contributed by atoms with Crippen molar-refractivity contribution in [3.05, 3.63) is 41.8 Å². The third-order valence-electron chi connectivity index (χ3n) is 3.42. The number of halogens is 1. The number of aryl methyl sites for hydroxylation is 1. The van der Waals surface area contributed by atoms with Gasteiger partial charge in [-0.25, -0.2) is 13.9 Å². The molecule has 0 atom stereocenters. The Labute approximate surface area is 134 Å². The summed E-state index contributed by atoms with van der Waals surface area (Å²) in [5.41, 5.74) is 1.52. The quantitative estimate of drug-likeness (QED) is 0.889. The second kappa shape index (κ2) is 7.23. The van der Waals surface area contributed by atoms with Gasteiger partial charge in [0.25, 0.3) is 0 Å². The van der Waals surface area contributed by atoms with Crippen molar-refractivity contribution in [3.8, 4) is 5.69 Å². The van der Waals surface area contributed by atoms with E-state index in [0.29, 0.717) is 11.5 Å². The number of amides is 2. The largest absolute Gasteiger partial charge is 0.395 e. The van der Waals surface area contributed by atoms with Gasteiger partial charge < -0.3 is 10.0 Å². The summed E-state index contributed by atoms with van der Waals surface area (Å²) < 4.78 is 14.6. The number of carbonyl (C=O) groups excluding carboxylic acids is 1. The van der Waals surface area contributed by atoms with E-state index in [1.54, 1.807) is 22.9 Å². The van der Waals surface area contributed by atoms with Crippen LogP contribution in [0.3, 0.4) is 0 Å². The van der Waals surface area contributed by atoms with Gasteiger partial charge in [0.1, 0.15) is 5.82 Å². The normalized spacial score (nSPS) is 10.9. The van der Waals surface area contributed by atoms with Crippen molar-refractivity contribution >= 4 is 11.8 Å². The zero-order valence-electron chi connectivity index (χ0n) is 13.5. The van der Waals surface area contributed by atoms with E-state index in [1.165, 1.54) is 17.0 Å². The number of hydrogen-bond acceptors (Lipinski definition) is 3. The highest BCUT2D eigenvalue weighted by atomic mass is 19.1. The molecule has 1 aromatic heterocycles. The fraction of sp³-hybridized carbons (Fsp3) is 0.375. The van der Waals surface area contributed by atoms with E-state index in [1.807, 2.05) is 20.8 Å². The number of nitrogens with one attached hydrogen (secondary N) is 1. The maximum atomic E-state index is 13.0. The van der Waals surface area contributed by atoms with Crippen LogP contribution in [-0.2, 0) is 0 Å². The van der Waals surface area contributed by atoms with Crippen LogP contribution in [0.15, 0.2) is 30.3 Å². The van der Waals surface area contributed by atoms with Crippen LogP contribution in [0, 0.1) is 12.7 Å². The molecular weight excluding hydrogens is 299 g/mol. The molecule has 6 nitrogen and oxygen atoms in total. The number of urea groups is 1. The minimum Gasteiger partial charge on any atom is -0.395 e. The van der Waals surface area contributed by atoms with Crippen LogP contribution in [0.1, 0.15) is 19.5 Å². The maximum absolute atomic E-state index is 13.0. The van der Waals surface area contributed by atoms with Crippen molar-refractivity contribution in [3.63, 3.8) is 0 Å². The first kappa shape index (κ1) is 17.0. The first-order valence-electron chi connectivity index (χ1n) is 7.43. The Kier molecular flexibility index (Phi) is 5.33. The molecule has 2 N–H and O–H groups in total. The molecule has 1 aromatic carbocycles. The van der Waals surface area contributed by atoms with Crippen LogP contribution >= 0.6 is 0 Å². The van der Waals surface area contributed by atoms with Crippen molar-refractivity contribution in [1.29, 1.82) is 0 Å². The van der Waals surface area contributed by atoms with Crippen LogP contribution < -0.4 is 5.32 Å². The molecule has 0 aliphatic rings. The third kappa shape index (κ3) is 4.07. The van der Waals surface area contributed by atoms with E-state index in [-0.39, 0.29) is 31.0 Å². The van der Waals surface area contributed by atoms with Gasteiger partial charge in [-0.15, -0.1) is 5.10 Å². The number of carbonyl (C=O) groups is 1. The smallest absolute Gasteiger partial charge is 0.323 e. The lowest BCUT2D eigenvalue weighted by molar-refractivity contribution is 0.172. The SMILES string of the molecule is Cc1cc(NC(=O)N(CCO)C(C)C)nn1-c1ccc(F)cc1. The Bertz CT molecular complexity index is 667. The molecule has 0 fully saturated rings. The van der Waals surface area contributed by atoms with Gasteiger partial charge in [-0.05, 0) is 45.0 Å². The Morgan fingerprint density at radius 3 is 2.61 bits per heavy atom. The zero-order valence-corrected chi connectivity index (χ0v) is 13.5. The summed E-state index contributed by atoms with van der Waals surface area (Å²) in [6.07, 6.45) is 0. The standard InChI is InChI=1S/C16H21FN4O2/c1-11(2)20(8-9-22)16(23)18-15-10-12(3)21(19-15)14-6-4-13(17)5-7-14/h4-7,10-11,22H,8-9H2,1-3H3,(H,18,19,23). The fourth-order valence-corrected chi connectivity index (χ4v) is 2.26. The second-order valence-electron chi connectivity index (χ2n) is 5.50. The van der Waals surface area contributed by atoms with Crippen LogP contribution in [-0.4, -0.2) is 45.0 Å². The number of aromatic nitrogens is 2. The Morgan fingerprint density at radius 1 is 1.39 bits per heavy atom. The molecule has 2 amide bonds. The lowest BCUT2D eigenvalue weighted by Crippen LogP contribution is -2.41. The third-order valence-corrected chi connectivity index (χ3v) is 3.42. The van der Waals surface area contributed by atoms with Gasteiger partial charge in [0, 0.05) is 24.3 Å². The minimum atomic E-state index is -0.321. The highest BCUT2D eigenvalue weighted by Crippen LogP contribution is 2.16. The summed E-state index contributed by atoms with van der Waals surface area (Å²) in [6, 6.07) is 7.33. The summed E-state index contributed by atoms with van der Waals surface area (Å²) in [7, 11) is 0. The number of aliphatic hydroxyl groups excluding tert-OH is 1. The maximum Gasteiger partial charge on any atom is 0.323 e.